The molecule has 1 fully saturated rings. The van der Waals surface area contributed by atoms with Crippen molar-refractivity contribution < 1.29 is 53.8 Å². The molecule has 5 atom stereocenters. The predicted octanol–water partition coefficient (Wildman–Crippen LogP) is 1.57. The average molecular weight is 676 g/mol. The van der Waals surface area contributed by atoms with Crippen molar-refractivity contribution in [3.63, 3.8) is 0 Å². The molecule has 3 aromatic carbocycles. The zero-order valence-electron chi connectivity index (χ0n) is 27.0. The lowest BCUT2D eigenvalue weighted by atomic mass is 9.78. The lowest BCUT2D eigenvalue weighted by Gasteiger charge is -2.41. The van der Waals surface area contributed by atoms with Crippen LogP contribution >= 0.6 is 0 Å². The molecular weight excluding hydrogens is 638 g/mol. The number of ether oxygens (including phenoxy) is 4. The number of hydrogen-bond acceptors (Lipinski definition) is 12. The van der Waals surface area contributed by atoms with Crippen LogP contribution in [0.4, 0.5) is 0 Å². The van der Waals surface area contributed by atoms with Crippen LogP contribution in [0.3, 0.4) is 0 Å². The van der Waals surface area contributed by atoms with Crippen molar-refractivity contribution in [3.05, 3.63) is 87.0 Å². The number of phenolic OH excluding ortho intramolecular Hbond substituents is 1. The van der Waals surface area contributed by atoms with Crippen LogP contribution in [0.15, 0.2) is 47.5 Å². The van der Waals surface area contributed by atoms with Gasteiger partial charge in [-0.15, -0.1) is 0 Å². The number of aliphatic hydroxyl groups is 3. The van der Waals surface area contributed by atoms with E-state index in [1.54, 1.807) is 6.08 Å². The number of carbonyl (C=O) groups excluding carboxylic acids is 3. The van der Waals surface area contributed by atoms with Crippen molar-refractivity contribution in [3.8, 4) is 17.2 Å². The van der Waals surface area contributed by atoms with E-state index < -0.39 is 60.6 Å². The monoisotopic (exact) mass is 675 g/mol. The number of carbonyl (C=O) groups is 3. The smallest absolute Gasteiger partial charge is 0.308 e. The number of aliphatic imine (C=N–C) groups is 1. The Balaban J connectivity index is 1.61. The number of phenols is 1. The molecule has 0 radical (unpaired) electrons. The maximum Gasteiger partial charge on any atom is 0.308 e. The first-order valence-corrected chi connectivity index (χ1v) is 15.4. The molecule has 258 valence electrons. The van der Waals surface area contributed by atoms with Crippen LogP contribution in [0.1, 0.15) is 67.9 Å². The predicted molar refractivity (Wildman–Crippen MR) is 176 cm³/mol. The Morgan fingerprint density at radius 1 is 1.00 bits per heavy atom. The van der Waals surface area contributed by atoms with Crippen molar-refractivity contribution in [1.29, 1.82) is 0 Å². The fourth-order valence-electron chi connectivity index (χ4n) is 5.79. The van der Waals surface area contributed by atoms with Gasteiger partial charge in [-0.25, -0.2) is 0 Å². The molecule has 8 N–H and O–H groups in total. The molecule has 2 aliphatic rings. The van der Waals surface area contributed by atoms with Crippen LogP contribution in [0, 0.1) is 6.92 Å². The van der Waals surface area contributed by atoms with Crippen molar-refractivity contribution in [1.82, 2.24) is 0 Å². The van der Waals surface area contributed by atoms with E-state index in [4.69, 9.17) is 30.4 Å². The summed E-state index contributed by atoms with van der Waals surface area (Å²) in [4.78, 5) is 44.4. The Labute approximate surface area is 281 Å². The average Bonchev–Trinajstić information content (AvgIpc) is 3.06. The molecule has 1 heterocycles. The minimum atomic E-state index is -1.47. The highest BCUT2D eigenvalue weighted by molar-refractivity contribution is 6.31. The Bertz CT molecular complexity index is 1840. The molecule has 49 heavy (non-hydrogen) atoms. The summed E-state index contributed by atoms with van der Waals surface area (Å²) in [7, 11) is 0. The van der Waals surface area contributed by atoms with E-state index in [9.17, 15) is 34.8 Å². The zero-order chi connectivity index (χ0) is 35.6. The van der Waals surface area contributed by atoms with Gasteiger partial charge in [0.25, 0.3) is 0 Å². The van der Waals surface area contributed by atoms with Crippen molar-refractivity contribution in [2.24, 2.45) is 16.5 Å². The second-order valence-corrected chi connectivity index (χ2v) is 11.6. The maximum absolute atomic E-state index is 14.4. The van der Waals surface area contributed by atoms with Crippen LogP contribution in [-0.4, -0.2) is 87.8 Å². The van der Waals surface area contributed by atoms with Gasteiger partial charge in [0.1, 0.15) is 35.6 Å². The number of guanidine groups is 1. The van der Waals surface area contributed by atoms with E-state index in [2.05, 4.69) is 4.99 Å². The third-order valence-corrected chi connectivity index (χ3v) is 8.23. The van der Waals surface area contributed by atoms with Gasteiger partial charge < -0.3 is 50.8 Å². The molecule has 1 aliphatic heterocycles. The summed E-state index contributed by atoms with van der Waals surface area (Å²) in [6.07, 6.45) is -3.13. The maximum atomic E-state index is 14.4. The first-order chi connectivity index (χ1) is 23.3. The van der Waals surface area contributed by atoms with Gasteiger partial charge in [0.2, 0.25) is 6.29 Å². The van der Waals surface area contributed by atoms with E-state index in [0.29, 0.717) is 0 Å². The SMILES string of the molecule is CC(=O)Oc1cc(CO)c2c(c1/C=C/c1ccccc1)C(=O)c1cc(O[C@H]3O[C@@H](C)[C@@H](O)[C@@H](O)[C@H]3OCCN=C(N)N)c(C)c(O)c1C2=O. The number of fused-ring (bicyclic) bond motifs is 2. The van der Waals surface area contributed by atoms with Crippen LogP contribution in [0.25, 0.3) is 12.2 Å². The standard InChI is InChI=1S/C35H37N3O11/c1-16-23(49-34-33(46-12-11-38-35(36)37)32(45)29(42)17(2)47-34)14-22-27(28(16)41)31(44)25-20(15-39)13-24(48-18(3)40)21(26(25)30(22)43)10-9-19-7-5-4-6-8-19/h4-10,13-14,17,29,32-34,39,41-42,45H,11-12,15H2,1-3H3,(H4,36,37,38)/b10-9+/t17-,29+,32+,33+,34+/m0/s1. The molecule has 0 aromatic heterocycles. The number of rotatable bonds is 10. The molecule has 5 rings (SSSR count). The zero-order valence-corrected chi connectivity index (χ0v) is 27.0. The minimum absolute atomic E-state index is 0.0161. The number of ketones is 2. The molecule has 0 amide bonds. The second-order valence-electron chi connectivity index (χ2n) is 11.6. The summed E-state index contributed by atoms with van der Waals surface area (Å²) in [6.45, 7) is 3.42. The highest BCUT2D eigenvalue weighted by Gasteiger charge is 2.46. The fourth-order valence-corrected chi connectivity index (χ4v) is 5.79. The summed E-state index contributed by atoms with van der Waals surface area (Å²) >= 11 is 0. The molecular formula is C35H37N3O11. The number of aromatic hydroxyl groups is 1. The summed E-state index contributed by atoms with van der Waals surface area (Å²) < 4.78 is 23.1. The van der Waals surface area contributed by atoms with Crippen molar-refractivity contribution in [2.75, 3.05) is 13.2 Å². The molecule has 14 nitrogen and oxygen atoms in total. The highest BCUT2D eigenvalue weighted by atomic mass is 16.7. The van der Waals surface area contributed by atoms with Gasteiger partial charge in [-0.2, -0.15) is 0 Å². The molecule has 0 spiro atoms. The first-order valence-electron chi connectivity index (χ1n) is 15.4. The number of nitrogens with two attached hydrogens (primary N) is 2. The number of nitrogens with zero attached hydrogens (tertiary/aromatic N) is 1. The van der Waals surface area contributed by atoms with Gasteiger partial charge >= 0.3 is 5.97 Å². The largest absolute Gasteiger partial charge is 0.507 e. The first kappa shape index (κ1) is 35.2. The van der Waals surface area contributed by atoms with E-state index in [0.717, 1.165) is 5.56 Å². The summed E-state index contributed by atoms with van der Waals surface area (Å²) in [6, 6.07) is 11.6. The van der Waals surface area contributed by atoms with Crippen LogP contribution in [0.2, 0.25) is 0 Å². The summed E-state index contributed by atoms with van der Waals surface area (Å²) in [5.41, 5.74) is 10.8. The third kappa shape index (κ3) is 7.04. The lowest BCUT2D eigenvalue weighted by Crippen LogP contribution is -2.59. The normalized spacial score (nSPS) is 21.6. The number of benzene rings is 3. The van der Waals surface area contributed by atoms with E-state index in [1.807, 2.05) is 30.3 Å². The van der Waals surface area contributed by atoms with Gasteiger partial charge in [-0.3, -0.25) is 19.4 Å². The van der Waals surface area contributed by atoms with Gasteiger partial charge in [-0.1, -0.05) is 36.4 Å². The van der Waals surface area contributed by atoms with Crippen LogP contribution in [-0.2, 0) is 20.9 Å². The topological polar surface area (TPSA) is 233 Å². The van der Waals surface area contributed by atoms with E-state index in [1.165, 1.54) is 39.0 Å². The Morgan fingerprint density at radius 2 is 1.71 bits per heavy atom. The fraction of sp³-hybridized carbons (Fsp3) is 0.314. The Morgan fingerprint density at radius 3 is 2.37 bits per heavy atom. The minimum Gasteiger partial charge on any atom is -0.507 e. The molecule has 3 aromatic rings. The van der Waals surface area contributed by atoms with Gasteiger partial charge in [0.05, 0.1) is 31.4 Å². The third-order valence-electron chi connectivity index (χ3n) is 8.23. The number of aliphatic hydroxyl groups excluding tert-OH is 3. The summed E-state index contributed by atoms with van der Waals surface area (Å²) in [5, 5.41) is 42.9. The van der Waals surface area contributed by atoms with Crippen molar-refractivity contribution in [2.45, 2.75) is 58.1 Å². The van der Waals surface area contributed by atoms with Gasteiger partial charge in [0, 0.05) is 34.7 Å². The molecule has 1 saturated heterocycles. The second kappa shape index (κ2) is 14.6. The number of hydrogen-bond donors (Lipinski definition) is 6. The van der Waals surface area contributed by atoms with E-state index in [-0.39, 0.29) is 69.6 Å². The van der Waals surface area contributed by atoms with Crippen molar-refractivity contribution >= 4 is 35.6 Å². The molecule has 14 heteroatoms. The van der Waals surface area contributed by atoms with E-state index >= 15 is 0 Å². The van der Waals surface area contributed by atoms with Crippen LogP contribution < -0.4 is 20.9 Å². The van der Waals surface area contributed by atoms with Crippen LogP contribution in [0.5, 0.6) is 17.2 Å². The lowest BCUT2D eigenvalue weighted by molar-refractivity contribution is -0.278. The number of esters is 1. The Kier molecular flexibility index (Phi) is 10.5. The van der Waals surface area contributed by atoms with Gasteiger partial charge in [-0.05, 0) is 43.2 Å². The molecule has 0 saturated carbocycles. The quantitative estimate of drug-likeness (QED) is 0.0350. The highest BCUT2D eigenvalue weighted by Crippen LogP contribution is 2.44. The summed E-state index contributed by atoms with van der Waals surface area (Å²) in [5.74, 6) is -3.03. The molecule has 0 bridgehead atoms. The molecule has 0 unspecified atom stereocenters. The Hall–Kier alpha value is -5.12. The van der Waals surface area contributed by atoms with Gasteiger partial charge in [0.15, 0.2) is 17.5 Å². The molecule has 1 aliphatic carbocycles.